The summed E-state index contributed by atoms with van der Waals surface area (Å²) in [6.45, 7) is 1.76. The summed E-state index contributed by atoms with van der Waals surface area (Å²) in [6, 6.07) is 7.44. The zero-order chi connectivity index (χ0) is 21.3. The predicted octanol–water partition coefficient (Wildman–Crippen LogP) is 2.12. The lowest BCUT2D eigenvalue weighted by Gasteiger charge is -2.35. The summed E-state index contributed by atoms with van der Waals surface area (Å²) >= 11 is 6.05. The average molecular weight is 448 g/mol. The summed E-state index contributed by atoms with van der Waals surface area (Å²) in [5, 5.41) is 0.644. The Morgan fingerprint density at radius 2 is 1.77 bits per heavy atom. The molecule has 1 fully saturated rings. The zero-order valence-corrected chi connectivity index (χ0v) is 18.2. The van der Waals surface area contributed by atoms with Crippen LogP contribution in [0.3, 0.4) is 0 Å². The van der Waals surface area contributed by atoms with Crippen LogP contribution in [-0.4, -0.2) is 77.2 Å². The zero-order valence-electron chi connectivity index (χ0n) is 16.7. The molecule has 4 rings (SSSR count). The second kappa shape index (κ2) is 8.31. The summed E-state index contributed by atoms with van der Waals surface area (Å²) in [4.78, 5) is 18.8. The van der Waals surface area contributed by atoms with Crippen molar-refractivity contribution in [3.63, 3.8) is 0 Å². The van der Waals surface area contributed by atoms with E-state index in [1.54, 1.807) is 18.6 Å². The monoisotopic (exact) mass is 447 g/mol. The highest BCUT2D eigenvalue weighted by atomic mass is 35.5. The molecular weight excluding hydrogens is 426 g/mol. The molecule has 1 aromatic carbocycles. The lowest BCUT2D eigenvalue weighted by atomic mass is 10.1. The van der Waals surface area contributed by atoms with Crippen molar-refractivity contribution >= 4 is 27.8 Å². The highest BCUT2D eigenvalue weighted by molar-refractivity contribution is 7.86. The molecule has 30 heavy (non-hydrogen) atoms. The largest absolute Gasteiger partial charge is 0.345 e. The van der Waals surface area contributed by atoms with Crippen molar-refractivity contribution in [1.82, 2.24) is 28.5 Å². The number of nitrogens with zero attached hydrogens (tertiary/aromatic N) is 6. The van der Waals surface area contributed by atoms with E-state index in [0.29, 0.717) is 43.0 Å². The summed E-state index contributed by atoms with van der Waals surface area (Å²) in [5.41, 5.74) is 2.40. The van der Waals surface area contributed by atoms with Gasteiger partial charge in [-0.05, 0) is 12.1 Å². The van der Waals surface area contributed by atoms with Crippen LogP contribution in [0.4, 0.5) is 5.95 Å². The second-order valence-corrected chi connectivity index (χ2v) is 9.63. The van der Waals surface area contributed by atoms with Crippen LogP contribution in [0.1, 0.15) is 0 Å². The number of H-pyrrole nitrogens is 1. The van der Waals surface area contributed by atoms with Crippen LogP contribution in [0.5, 0.6) is 0 Å². The Morgan fingerprint density at radius 3 is 2.37 bits per heavy atom. The van der Waals surface area contributed by atoms with Gasteiger partial charge in [-0.3, -0.25) is 0 Å². The van der Waals surface area contributed by atoms with Crippen molar-refractivity contribution < 1.29 is 8.42 Å². The first kappa shape index (κ1) is 20.7. The number of hydrogen-bond donors (Lipinski definition) is 1. The molecule has 0 radical (unpaired) electrons. The van der Waals surface area contributed by atoms with Crippen molar-refractivity contribution in [3.8, 4) is 22.6 Å². The topological polar surface area (TPSA) is 98.3 Å². The number of benzene rings is 1. The van der Waals surface area contributed by atoms with Crippen LogP contribution in [0.15, 0.2) is 42.9 Å². The Hall–Kier alpha value is -2.53. The normalized spacial score (nSPS) is 15.7. The van der Waals surface area contributed by atoms with Crippen LogP contribution in [0.2, 0.25) is 5.02 Å². The molecule has 1 aliphatic rings. The predicted molar refractivity (Wildman–Crippen MR) is 116 cm³/mol. The number of imidazole rings is 1. The van der Waals surface area contributed by atoms with E-state index in [-0.39, 0.29) is 0 Å². The van der Waals surface area contributed by atoms with Crippen LogP contribution >= 0.6 is 11.6 Å². The third-order valence-corrected chi connectivity index (χ3v) is 7.15. The lowest BCUT2D eigenvalue weighted by molar-refractivity contribution is 0.354. The first-order chi connectivity index (χ1) is 14.4. The molecule has 0 spiro atoms. The first-order valence-electron chi connectivity index (χ1n) is 9.41. The van der Waals surface area contributed by atoms with Gasteiger partial charge in [0.05, 0.1) is 11.3 Å². The molecule has 1 aliphatic heterocycles. The summed E-state index contributed by atoms with van der Waals surface area (Å²) in [5.74, 6) is 1.23. The molecule has 3 aromatic rings. The van der Waals surface area contributed by atoms with E-state index in [1.807, 2.05) is 29.2 Å². The Balaban J connectivity index is 1.64. The van der Waals surface area contributed by atoms with E-state index in [1.165, 1.54) is 22.7 Å². The van der Waals surface area contributed by atoms with Gasteiger partial charge in [0.15, 0.2) is 0 Å². The number of aromatic amines is 1. The van der Waals surface area contributed by atoms with Crippen LogP contribution in [-0.2, 0) is 10.2 Å². The van der Waals surface area contributed by atoms with Gasteiger partial charge in [0.2, 0.25) is 5.95 Å². The van der Waals surface area contributed by atoms with Crippen molar-refractivity contribution in [1.29, 1.82) is 0 Å². The number of nitrogens with one attached hydrogen (secondary N) is 1. The summed E-state index contributed by atoms with van der Waals surface area (Å²) in [6.07, 6.45) is 5.17. The number of anilines is 1. The van der Waals surface area contributed by atoms with Gasteiger partial charge >= 0.3 is 0 Å². The van der Waals surface area contributed by atoms with Gasteiger partial charge in [-0.1, -0.05) is 23.7 Å². The highest BCUT2D eigenvalue weighted by Gasteiger charge is 2.29. The molecule has 1 N–H and O–H groups in total. The molecule has 9 nitrogen and oxygen atoms in total. The third kappa shape index (κ3) is 4.04. The molecule has 3 heterocycles. The van der Waals surface area contributed by atoms with Gasteiger partial charge in [0, 0.05) is 69.5 Å². The van der Waals surface area contributed by atoms with Gasteiger partial charge in [-0.15, -0.1) is 0 Å². The van der Waals surface area contributed by atoms with Gasteiger partial charge in [0.25, 0.3) is 10.2 Å². The maximum atomic E-state index is 12.4. The second-order valence-electron chi connectivity index (χ2n) is 7.05. The van der Waals surface area contributed by atoms with E-state index < -0.39 is 10.2 Å². The number of rotatable bonds is 5. The van der Waals surface area contributed by atoms with Crippen LogP contribution in [0, 0.1) is 0 Å². The Kier molecular flexibility index (Phi) is 5.74. The van der Waals surface area contributed by atoms with Crippen molar-refractivity contribution in [3.05, 3.63) is 47.9 Å². The van der Waals surface area contributed by atoms with Crippen molar-refractivity contribution in [2.45, 2.75) is 0 Å². The van der Waals surface area contributed by atoms with E-state index in [2.05, 4.69) is 15.0 Å². The SMILES string of the molecule is CN(C)S(=O)(=O)N1CCN(c2ncc(-c3ncc[nH]3)c(-c3ccc(Cl)cc3)n2)CC1. The van der Waals surface area contributed by atoms with E-state index >= 15 is 0 Å². The van der Waals surface area contributed by atoms with E-state index in [9.17, 15) is 8.42 Å². The molecule has 0 unspecified atom stereocenters. The molecule has 0 saturated carbocycles. The van der Waals surface area contributed by atoms with Gasteiger partial charge in [-0.25, -0.2) is 15.0 Å². The van der Waals surface area contributed by atoms with Gasteiger partial charge in [0.1, 0.15) is 5.82 Å². The quantitative estimate of drug-likeness (QED) is 0.643. The maximum absolute atomic E-state index is 12.4. The fourth-order valence-electron chi connectivity index (χ4n) is 3.29. The Labute approximate surface area is 180 Å². The molecular formula is C19H22ClN7O2S. The fourth-order valence-corrected chi connectivity index (χ4v) is 4.50. The fraction of sp³-hybridized carbons (Fsp3) is 0.316. The number of halogens is 1. The molecule has 0 amide bonds. The molecule has 0 atom stereocenters. The lowest BCUT2D eigenvalue weighted by Crippen LogP contribution is -2.52. The molecule has 0 bridgehead atoms. The number of aromatic nitrogens is 4. The minimum atomic E-state index is -3.42. The van der Waals surface area contributed by atoms with Crippen molar-refractivity contribution in [2.75, 3.05) is 45.2 Å². The van der Waals surface area contributed by atoms with Crippen LogP contribution in [0.25, 0.3) is 22.6 Å². The first-order valence-corrected chi connectivity index (χ1v) is 11.2. The smallest absolute Gasteiger partial charge is 0.281 e. The van der Waals surface area contributed by atoms with Crippen LogP contribution < -0.4 is 4.90 Å². The Bertz CT molecular complexity index is 1110. The number of piperazine rings is 1. The van der Waals surface area contributed by atoms with E-state index in [0.717, 1.165) is 16.8 Å². The van der Waals surface area contributed by atoms with E-state index in [4.69, 9.17) is 16.6 Å². The molecule has 1 saturated heterocycles. The average Bonchev–Trinajstić information content (AvgIpc) is 3.28. The number of hydrogen-bond acceptors (Lipinski definition) is 6. The molecule has 11 heteroatoms. The summed E-state index contributed by atoms with van der Waals surface area (Å²) < 4.78 is 27.4. The maximum Gasteiger partial charge on any atom is 0.281 e. The highest BCUT2D eigenvalue weighted by Crippen LogP contribution is 2.30. The standard InChI is InChI=1S/C19H22ClN7O2S/c1-25(2)30(28,29)27-11-9-26(10-12-27)19-23-13-16(18-21-7-8-22-18)17(24-19)14-3-5-15(20)6-4-14/h3-8,13H,9-12H2,1-2H3,(H,21,22). The third-order valence-electron chi connectivity index (χ3n) is 4.96. The minimum absolute atomic E-state index is 0.375. The van der Waals surface area contributed by atoms with Crippen molar-refractivity contribution in [2.24, 2.45) is 0 Å². The summed E-state index contributed by atoms with van der Waals surface area (Å²) in [7, 11) is -0.346. The van der Waals surface area contributed by atoms with Gasteiger partial charge < -0.3 is 9.88 Å². The Morgan fingerprint density at radius 1 is 1.07 bits per heavy atom. The minimum Gasteiger partial charge on any atom is -0.345 e. The molecule has 158 valence electrons. The molecule has 0 aliphatic carbocycles. The van der Waals surface area contributed by atoms with Gasteiger partial charge in [-0.2, -0.15) is 17.0 Å². The molecule has 2 aromatic heterocycles.